The van der Waals surface area contributed by atoms with E-state index in [9.17, 15) is 9.65 Å². The number of nitriles is 1. The zero-order valence-corrected chi connectivity index (χ0v) is 17.9. The third-order valence-electron chi connectivity index (χ3n) is 5.94. The molecule has 1 atom stereocenters. The molecule has 4 aromatic rings. The molecular formula is C24H22FN7. The summed E-state index contributed by atoms with van der Waals surface area (Å²) in [4.78, 5) is 18.8. The molecule has 7 nitrogen and oxygen atoms in total. The van der Waals surface area contributed by atoms with E-state index in [1.807, 2.05) is 26.0 Å². The fourth-order valence-electron chi connectivity index (χ4n) is 4.43. The third-order valence-corrected chi connectivity index (χ3v) is 5.94. The van der Waals surface area contributed by atoms with Crippen molar-refractivity contribution in [3.05, 3.63) is 59.9 Å². The number of halogens is 1. The summed E-state index contributed by atoms with van der Waals surface area (Å²) >= 11 is 0. The Morgan fingerprint density at radius 3 is 2.75 bits per heavy atom. The minimum absolute atomic E-state index is 0.318. The van der Waals surface area contributed by atoms with Crippen molar-refractivity contribution in [1.82, 2.24) is 19.9 Å². The van der Waals surface area contributed by atoms with Crippen LogP contribution in [-0.4, -0.2) is 38.6 Å². The summed E-state index contributed by atoms with van der Waals surface area (Å²) in [6, 6.07) is 8.86. The first-order chi connectivity index (χ1) is 15.4. The molecule has 0 radical (unpaired) electrons. The Hall–Kier alpha value is -3.83. The monoisotopic (exact) mass is 427 g/mol. The van der Waals surface area contributed by atoms with E-state index in [1.165, 1.54) is 12.1 Å². The van der Waals surface area contributed by atoms with E-state index in [0.29, 0.717) is 34.7 Å². The lowest BCUT2D eigenvalue weighted by Crippen LogP contribution is -2.39. The first kappa shape index (κ1) is 20.1. The number of H-pyrrole nitrogens is 1. The molecule has 1 fully saturated rings. The molecule has 0 unspecified atom stereocenters. The Morgan fingerprint density at radius 1 is 1.28 bits per heavy atom. The predicted octanol–water partition coefficient (Wildman–Crippen LogP) is 3.93. The van der Waals surface area contributed by atoms with Gasteiger partial charge in [-0.3, -0.25) is 4.98 Å². The second-order valence-corrected chi connectivity index (χ2v) is 8.62. The molecule has 8 heteroatoms. The molecule has 0 amide bonds. The van der Waals surface area contributed by atoms with Gasteiger partial charge in [0.2, 0.25) is 0 Å². The molecule has 3 N–H and O–H groups in total. The maximum atomic E-state index is 14.0. The van der Waals surface area contributed by atoms with E-state index in [4.69, 9.17) is 10.7 Å². The summed E-state index contributed by atoms with van der Waals surface area (Å²) in [6.45, 7) is 5.22. The number of imidazole rings is 1. The minimum Gasteiger partial charge on any atom is -0.368 e. The Morgan fingerprint density at radius 2 is 2.06 bits per heavy atom. The van der Waals surface area contributed by atoms with E-state index >= 15 is 0 Å². The normalized spacial score (nSPS) is 18.3. The van der Waals surface area contributed by atoms with E-state index in [-0.39, 0.29) is 11.4 Å². The van der Waals surface area contributed by atoms with Crippen LogP contribution in [0.3, 0.4) is 0 Å². The van der Waals surface area contributed by atoms with Crippen LogP contribution in [0.25, 0.3) is 33.5 Å². The number of nitrogens with two attached hydrogens (primary N) is 1. The standard InChI is InChI=1S/C24H22FN7/c1-14-9-16(25)10-18-21(14)31-23(30-18)17-12-29-19(11-26)20(15-3-6-28-7-4-15)22(17)32-8-5-24(2,27)13-32/h3-4,6-7,9-10,12H,5,8,13,27H2,1-2H3,(H,30,31)/t24-/m0/s1. The molecule has 4 heterocycles. The zero-order valence-electron chi connectivity index (χ0n) is 17.9. The number of fused-ring (bicyclic) bond motifs is 1. The molecular weight excluding hydrogens is 405 g/mol. The Labute approximate surface area is 184 Å². The summed E-state index contributed by atoms with van der Waals surface area (Å²) in [6.07, 6.45) is 5.86. The largest absolute Gasteiger partial charge is 0.368 e. The summed E-state index contributed by atoms with van der Waals surface area (Å²) in [5.74, 6) is 0.251. The lowest BCUT2D eigenvalue weighted by Gasteiger charge is -2.26. The van der Waals surface area contributed by atoms with Crippen LogP contribution >= 0.6 is 0 Å². The van der Waals surface area contributed by atoms with E-state index in [2.05, 4.69) is 25.9 Å². The van der Waals surface area contributed by atoms with Crippen LogP contribution in [0.2, 0.25) is 0 Å². The van der Waals surface area contributed by atoms with Crippen LogP contribution in [0.1, 0.15) is 24.6 Å². The number of nitrogens with zero attached hydrogens (tertiary/aromatic N) is 5. The average molecular weight is 427 g/mol. The number of anilines is 1. The van der Waals surface area contributed by atoms with E-state index in [0.717, 1.165) is 35.3 Å². The Bertz CT molecular complexity index is 1370. The highest BCUT2D eigenvalue weighted by Gasteiger charge is 2.34. The zero-order chi connectivity index (χ0) is 22.5. The van der Waals surface area contributed by atoms with Crippen molar-refractivity contribution in [1.29, 1.82) is 5.26 Å². The van der Waals surface area contributed by atoms with Crippen LogP contribution < -0.4 is 10.6 Å². The topological polar surface area (TPSA) is 108 Å². The van der Waals surface area contributed by atoms with Crippen molar-refractivity contribution in [2.75, 3.05) is 18.0 Å². The quantitative estimate of drug-likeness (QED) is 0.513. The number of benzene rings is 1. The van der Waals surface area contributed by atoms with Gasteiger partial charge in [-0.15, -0.1) is 0 Å². The molecule has 32 heavy (non-hydrogen) atoms. The van der Waals surface area contributed by atoms with E-state index in [1.54, 1.807) is 18.6 Å². The molecule has 0 spiro atoms. The molecule has 5 rings (SSSR count). The highest BCUT2D eigenvalue weighted by atomic mass is 19.1. The van der Waals surface area contributed by atoms with Gasteiger partial charge in [0.05, 0.1) is 22.3 Å². The van der Waals surface area contributed by atoms with Crippen molar-refractivity contribution in [3.63, 3.8) is 0 Å². The molecule has 1 aliphatic rings. The predicted molar refractivity (Wildman–Crippen MR) is 121 cm³/mol. The Kier molecular flexibility index (Phi) is 4.64. The lowest BCUT2D eigenvalue weighted by molar-refractivity contribution is 0.525. The lowest BCUT2D eigenvalue weighted by atomic mass is 9.98. The molecule has 0 aliphatic carbocycles. The van der Waals surface area contributed by atoms with Gasteiger partial charge in [-0.1, -0.05) is 0 Å². The first-order valence-corrected chi connectivity index (χ1v) is 10.4. The number of aryl methyl sites for hydroxylation is 1. The number of hydrogen-bond donors (Lipinski definition) is 2. The molecule has 160 valence electrons. The maximum Gasteiger partial charge on any atom is 0.150 e. The van der Waals surface area contributed by atoms with Crippen LogP contribution in [-0.2, 0) is 0 Å². The summed E-state index contributed by atoms with van der Waals surface area (Å²) in [5.41, 5.74) is 11.6. The van der Waals surface area contributed by atoms with Crippen molar-refractivity contribution < 1.29 is 4.39 Å². The second-order valence-electron chi connectivity index (χ2n) is 8.62. The summed E-state index contributed by atoms with van der Waals surface area (Å²) in [5, 5.41) is 9.86. The van der Waals surface area contributed by atoms with Gasteiger partial charge in [0.15, 0.2) is 0 Å². The van der Waals surface area contributed by atoms with Gasteiger partial charge >= 0.3 is 0 Å². The number of rotatable bonds is 3. The molecule has 1 aliphatic heterocycles. The minimum atomic E-state index is -0.351. The molecule has 0 bridgehead atoms. The summed E-state index contributed by atoms with van der Waals surface area (Å²) < 4.78 is 14.0. The van der Waals surface area contributed by atoms with Crippen molar-refractivity contribution in [2.24, 2.45) is 5.73 Å². The van der Waals surface area contributed by atoms with Gasteiger partial charge in [0.25, 0.3) is 0 Å². The van der Waals surface area contributed by atoms with Crippen LogP contribution in [0.15, 0.2) is 42.9 Å². The average Bonchev–Trinajstić information content (AvgIpc) is 3.36. The van der Waals surface area contributed by atoms with Gasteiger partial charge in [-0.25, -0.2) is 14.4 Å². The van der Waals surface area contributed by atoms with Crippen molar-refractivity contribution in [3.8, 4) is 28.6 Å². The van der Waals surface area contributed by atoms with Gasteiger partial charge in [0, 0.05) is 42.8 Å². The van der Waals surface area contributed by atoms with Crippen LogP contribution in [0, 0.1) is 24.1 Å². The number of nitrogens with one attached hydrogen (secondary N) is 1. The number of hydrogen-bond acceptors (Lipinski definition) is 6. The number of aromatic nitrogens is 4. The van der Waals surface area contributed by atoms with E-state index < -0.39 is 0 Å². The smallest absolute Gasteiger partial charge is 0.150 e. The second kappa shape index (κ2) is 7.39. The highest BCUT2D eigenvalue weighted by molar-refractivity contribution is 5.93. The maximum absolute atomic E-state index is 14.0. The SMILES string of the molecule is Cc1cc(F)cc2[nH]c(-c3cnc(C#N)c(-c4ccncc4)c3N3CC[C@](C)(N)C3)nc12. The highest BCUT2D eigenvalue weighted by Crippen LogP contribution is 2.42. The fraction of sp³-hybridized carbons (Fsp3) is 0.250. The third kappa shape index (κ3) is 3.37. The summed E-state index contributed by atoms with van der Waals surface area (Å²) in [7, 11) is 0. The van der Waals surface area contributed by atoms with Gasteiger partial charge in [0.1, 0.15) is 23.4 Å². The van der Waals surface area contributed by atoms with Crippen LogP contribution in [0.4, 0.5) is 10.1 Å². The Balaban J connectivity index is 1.80. The molecule has 0 saturated carbocycles. The first-order valence-electron chi connectivity index (χ1n) is 10.4. The van der Waals surface area contributed by atoms with Crippen LogP contribution in [0.5, 0.6) is 0 Å². The van der Waals surface area contributed by atoms with Gasteiger partial charge in [-0.05, 0) is 55.7 Å². The fourth-order valence-corrected chi connectivity index (χ4v) is 4.43. The molecule has 1 saturated heterocycles. The molecule has 3 aromatic heterocycles. The van der Waals surface area contributed by atoms with Crippen molar-refractivity contribution >= 4 is 16.7 Å². The van der Waals surface area contributed by atoms with Gasteiger partial charge < -0.3 is 15.6 Å². The number of pyridine rings is 2. The molecule has 1 aromatic carbocycles. The van der Waals surface area contributed by atoms with Crippen molar-refractivity contribution in [2.45, 2.75) is 25.8 Å². The number of aromatic amines is 1. The van der Waals surface area contributed by atoms with Gasteiger partial charge in [-0.2, -0.15) is 5.26 Å².